The Balaban J connectivity index is 1.54. The van der Waals surface area contributed by atoms with Crippen molar-refractivity contribution >= 4 is 11.7 Å². The Labute approximate surface area is 169 Å². The van der Waals surface area contributed by atoms with Gasteiger partial charge in [0.1, 0.15) is 17.3 Å². The number of nitrogens with zero attached hydrogens (tertiary/aromatic N) is 2. The highest BCUT2D eigenvalue weighted by atomic mass is 19.1. The number of nitrogen functional groups attached to an aromatic ring is 1. The summed E-state index contributed by atoms with van der Waals surface area (Å²) in [7, 11) is 0. The average molecular weight is 398 g/mol. The van der Waals surface area contributed by atoms with Crippen LogP contribution in [0.15, 0.2) is 24.4 Å². The molecule has 154 valence electrons. The fourth-order valence-electron chi connectivity index (χ4n) is 4.16. The fraction of sp³-hybridized carbons (Fsp3) is 0.500. The number of anilines is 1. The SMILES string of the molecule is CC[C@H]1C[C@@H]1NC(=O)c1ccc(-c2nc(C3CCC(O)CC3)cnc2N)cc1F. The molecule has 1 amide bonds. The second-order valence-corrected chi connectivity index (χ2v) is 8.21. The van der Waals surface area contributed by atoms with Crippen molar-refractivity contribution in [2.75, 3.05) is 5.73 Å². The molecule has 2 aromatic rings. The lowest BCUT2D eigenvalue weighted by Crippen LogP contribution is -2.27. The van der Waals surface area contributed by atoms with Crippen molar-refractivity contribution < 1.29 is 14.3 Å². The zero-order chi connectivity index (χ0) is 20.5. The third-order valence-corrected chi connectivity index (χ3v) is 6.19. The van der Waals surface area contributed by atoms with E-state index in [2.05, 4.69) is 22.2 Å². The van der Waals surface area contributed by atoms with Gasteiger partial charge in [-0.2, -0.15) is 0 Å². The van der Waals surface area contributed by atoms with E-state index < -0.39 is 5.82 Å². The minimum Gasteiger partial charge on any atom is -0.393 e. The van der Waals surface area contributed by atoms with Crippen LogP contribution in [0.5, 0.6) is 0 Å². The first-order valence-corrected chi connectivity index (χ1v) is 10.4. The van der Waals surface area contributed by atoms with Crippen LogP contribution in [0.2, 0.25) is 0 Å². The first kappa shape index (κ1) is 19.8. The van der Waals surface area contributed by atoms with Gasteiger partial charge in [-0.1, -0.05) is 19.4 Å². The van der Waals surface area contributed by atoms with Crippen LogP contribution in [0.25, 0.3) is 11.3 Å². The van der Waals surface area contributed by atoms with Crippen molar-refractivity contribution in [2.24, 2.45) is 5.92 Å². The summed E-state index contributed by atoms with van der Waals surface area (Å²) in [6.07, 6.45) is 6.55. The van der Waals surface area contributed by atoms with Crippen LogP contribution in [0, 0.1) is 11.7 Å². The van der Waals surface area contributed by atoms with E-state index in [-0.39, 0.29) is 35.4 Å². The number of hydrogen-bond acceptors (Lipinski definition) is 5. The zero-order valence-corrected chi connectivity index (χ0v) is 16.6. The minimum absolute atomic E-state index is 0.0273. The van der Waals surface area contributed by atoms with E-state index in [1.54, 1.807) is 12.3 Å². The third-order valence-electron chi connectivity index (χ3n) is 6.19. The Kier molecular flexibility index (Phi) is 5.50. The third kappa shape index (κ3) is 4.24. The van der Waals surface area contributed by atoms with Gasteiger partial charge in [-0.3, -0.25) is 4.79 Å². The van der Waals surface area contributed by atoms with E-state index in [1.807, 2.05) is 0 Å². The number of carbonyl (C=O) groups excluding carboxylic acids is 1. The highest BCUT2D eigenvalue weighted by Crippen LogP contribution is 2.35. The number of amides is 1. The Morgan fingerprint density at radius 2 is 2.07 bits per heavy atom. The van der Waals surface area contributed by atoms with Crippen molar-refractivity contribution in [1.82, 2.24) is 15.3 Å². The molecule has 0 aliphatic heterocycles. The van der Waals surface area contributed by atoms with Gasteiger partial charge in [-0.25, -0.2) is 14.4 Å². The molecule has 0 bridgehead atoms. The molecule has 0 unspecified atom stereocenters. The quantitative estimate of drug-likeness (QED) is 0.716. The molecule has 1 aromatic heterocycles. The van der Waals surface area contributed by atoms with Crippen LogP contribution < -0.4 is 11.1 Å². The van der Waals surface area contributed by atoms with Crippen LogP contribution in [-0.4, -0.2) is 33.1 Å². The fourth-order valence-corrected chi connectivity index (χ4v) is 4.16. The van der Waals surface area contributed by atoms with Crippen molar-refractivity contribution in [1.29, 1.82) is 0 Å². The molecule has 1 aromatic carbocycles. The number of nitrogens with one attached hydrogen (secondary N) is 1. The molecule has 7 heteroatoms. The Morgan fingerprint density at radius 1 is 1.31 bits per heavy atom. The summed E-state index contributed by atoms with van der Waals surface area (Å²) in [6, 6.07) is 4.60. The number of carbonyl (C=O) groups is 1. The van der Waals surface area contributed by atoms with Crippen LogP contribution in [0.4, 0.5) is 10.2 Å². The number of rotatable bonds is 5. The van der Waals surface area contributed by atoms with Crippen LogP contribution in [0.1, 0.15) is 67.4 Å². The van der Waals surface area contributed by atoms with Gasteiger partial charge in [0.15, 0.2) is 0 Å². The maximum atomic E-state index is 14.7. The van der Waals surface area contributed by atoms with Crippen LogP contribution in [0.3, 0.4) is 0 Å². The van der Waals surface area contributed by atoms with E-state index in [4.69, 9.17) is 5.73 Å². The molecule has 2 aliphatic carbocycles. The molecule has 6 nitrogen and oxygen atoms in total. The molecular weight excluding hydrogens is 371 g/mol. The van der Waals surface area contributed by atoms with Gasteiger partial charge in [-0.05, 0) is 50.2 Å². The molecule has 2 saturated carbocycles. The number of aliphatic hydroxyl groups is 1. The lowest BCUT2D eigenvalue weighted by molar-refractivity contribution is 0.0945. The van der Waals surface area contributed by atoms with Crippen molar-refractivity contribution in [3.63, 3.8) is 0 Å². The topological polar surface area (TPSA) is 101 Å². The largest absolute Gasteiger partial charge is 0.393 e. The highest BCUT2D eigenvalue weighted by Gasteiger charge is 2.37. The van der Waals surface area contributed by atoms with Gasteiger partial charge in [0.05, 0.1) is 23.6 Å². The van der Waals surface area contributed by atoms with Crippen LogP contribution in [-0.2, 0) is 0 Å². The Morgan fingerprint density at radius 3 is 2.72 bits per heavy atom. The number of nitrogens with two attached hydrogens (primary N) is 1. The van der Waals surface area contributed by atoms with E-state index >= 15 is 0 Å². The first-order chi connectivity index (χ1) is 14.0. The monoisotopic (exact) mass is 398 g/mol. The molecule has 2 fully saturated rings. The highest BCUT2D eigenvalue weighted by molar-refractivity contribution is 5.95. The molecule has 0 radical (unpaired) electrons. The lowest BCUT2D eigenvalue weighted by atomic mass is 9.85. The Hall–Kier alpha value is -2.54. The lowest BCUT2D eigenvalue weighted by Gasteiger charge is -2.25. The van der Waals surface area contributed by atoms with E-state index in [0.29, 0.717) is 17.2 Å². The molecule has 0 spiro atoms. The molecule has 0 saturated heterocycles. The average Bonchev–Trinajstić information content (AvgIpc) is 3.47. The standard InChI is InChI=1S/C22H27FN4O2/c1-2-12-10-18(12)27-22(29)16-8-5-14(9-17(16)23)20-21(24)25-11-19(26-20)13-3-6-15(28)7-4-13/h5,8-9,11-13,15,18,28H,2-4,6-7,10H2,1H3,(H2,24,25)(H,27,29)/t12-,13?,15?,18-/m0/s1. The molecule has 4 N–H and O–H groups in total. The van der Waals surface area contributed by atoms with Gasteiger partial charge < -0.3 is 16.2 Å². The van der Waals surface area contributed by atoms with Crippen LogP contribution >= 0.6 is 0 Å². The summed E-state index contributed by atoms with van der Waals surface area (Å²) < 4.78 is 14.7. The summed E-state index contributed by atoms with van der Waals surface area (Å²) in [5.74, 6) is -0.0418. The summed E-state index contributed by atoms with van der Waals surface area (Å²) in [5, 5.41) is 12.6. The second kappa shape index (κ2) is 8.06. The second-order valence-electron chi connectivity index (χ2n) is 8.21. The zero-order valence-electron chi connectivity index (χ0n) is 16.6. The number of halogens is 1. The molecular formula is C22H27FN4O2. The van der Waals surface area contributed by atoms with Crippen molar-refractivity contribution in [3.8, 4) is 11.3 Å². The number of aliphatic hydroxyl groups excluding tert-OH is 1. The smallest absolute Gasteiger partial charge is 0.254 e. The normalized spacial score (nSPS) is 26.2. The molecule has 1 heterocycles. The van der Waals surface area contributed by atoms with E-state index in [1.165, 1.54) is 12.1 Å². The predicted octanol–water partition coefficient (Wildman–Crippen LogP) is 3.41. The first-order valence-electron chi connectivity index (χ1n) is 10.4. The van der Waals surface area contributed by atoms with Crippen molar-refractivity contribution in [2.45, 2.75) is 63.5 Å². The molecule has 29 heavy (non-hydrogen) atoms. The van der Waals surface area contributed by atoms with Crippen molar-refractivity contribution in [3.05, 3.63) is 41.5 Å². The van der Waals surface area contributed by atoms with Gasteiger partial charge in [-0.15, -0.1) is 0 Å². The molecule has 2 atom stereocenters. The predicted molar refractivity (Wildman–Crippen MR) is 109 cm³/mol. The van der Waals surface area contributed by atoms with Gasteiger partial charge in [0.2, 0.25) is 0 Å². The summed E-state index contributed by atoms with van der Waals surface area (Å²) in [6.45, 7) is 2.08. The summed E-state index contributed by atoms with van der Waals surface area (Å²) >= 11 is 0. The van der Waals surface area contributed by atoms with E-state index in [9.17, 15) is 14.3 Å². The summed E-state index contributed by atoms with van der Waals surface area (Å²) in [5.41, 5.74) is 7.77. The van der Waals surface area contributed by atoms with E-state index in [0.717, 1.165) is 44.2 Å². The number of benzene rings is 1. The van der Waals surface area contributed by atoms with Gasteiger partial charge >= 0.3 is 0 Å². The maximum Gasteiger partial charge on any atom is 0.254 e. The number of hydrogen-bond donors (Lipinski definition) is 3. The minimum atomic E-state index is -0.596. The molecule has 2 aliphatic rings. The maximum absolute atomic E-state index is 14.7. The van der Waals surface area contributed by atoms with Gasteiger partial charge in [0, 0.05) is 17.5 Å². The van der Waals surface area contributed by atoms with Gasteiger partial charge in [0.25, 0.3) is 5.91 Å². The number of aromatic nitrogens is 2. The molecule has 4 rings (SSSR count). The summed E-state index contributed by atoms with van der Waals surface area (Å²) in [4.78, 5) is 21.3. The Bertz CT molecular complexity index is 912.